The molecule has 0 aliphatic carbocycles. The molecule has 1 fully saturated rings. The van der Waals surface area contributed by atoms with Crippen LogP contribution in [-0.4, -0.2) is 44.2 Å². The van der Waals surface area contributed by atoms with Gasteiger partial charge in [-0.05, 0) is 49.2 Å². The van der Waals surface area contributed by atoms with Gasteiger partial charge in [0.1, 0.15) is 17.9 Å². The Morgan fingerprint density at radius 3 is 2.47 bits per heavy atom. The van der Waals surface area contributed by atoms with Crippen LogP contribution in [0.3, 0.4) is 0 Å². The Morgan fingerprint density at radius 2 is 1.87 bits per heavy atom. The Balaban J connectivity index is 1.67. The van der Waals surface area contributed by atoms with Crippen molar-refractivity contribution in [2.45, 2.75) is 31.4 Å². The van der Waals surface area contributed by atoms with Crippen molar-refractivity contribution in [3.8, 4) is 5.75 Å². The van der Waals surface area contributed by atoms with E-state index in [9.17, 15) is 9.59 Å². The zero-order chi connectivity index (χ0) is 21.5. The normalized spacial score (nSPS) is 17.1. The number of carbonyl (C=O) groups is 2. The van der Waals surface area contributed by atoms with Gasteiger partial charge in [-0.3, -0.25) is 4.79 Å². The fourth-order valence-corrected chi connectivity index (χ4v) is 3.90. The highest BCUT2D eigenvalue weighted by Gasteiger charge is 2.25. The van der Waals surface area contributed by atoms with Crippen LogP contribution in [0.4, 0.5) is 0 Å². The lowest BCUT2D eigenvalue weighted by atomic mass is 10.0. The number of piperidine rings is 1. The minimum absolute atomic E-state index is 0.125. The molecule has 2 N–H and O–H groups in total. The van der Waals surface area contributed by atoms with Crippen molar-refractivity contribution in [2.24, 2.45) is 0 Å². The molecule has 1 amide bonds. The van der Waals surface area contributed by atoms with Crippen LogP contribution in [0.1, 0.15) is 28.8 Å². The van der Waals surface area contributed by atoms with Gasteiger partial charge in [-0.1, -0.05) is 41.4 Å². The monoisotopic (exact) mass is 450 g/mol. The molecule has 0 aromatic heterocycles. The highest BCUT2D eigenvalue weighted by molar-refractivity contribution is 6.39. The summed E-state index contributed by atoms with van der Waals surface area (Å²) in [6.07, 6.45) is 2.53. The van der Waals surface area contributed by atoms with Crippen molar-refractivity contribution >= 4 is 35.1 Å². The van der Waals surface area contributed by atoms with Gasteiger partial charge in [0, 0.05) is 13.0 Å². The maximum atomic E-state index is 12.7. The number of carbonyl (C=O) groups excluding carboxylic acids is 2. The van der Waals surface area contributed by atoms with Crippen LogP contribution >= 0.6 is 23.2 Å². The lowest BCUT2D eigenvalue weighted by Gasteiger charge is -2.24. The number of rotatable bonds is 7. The van der Waals surface area contributed by atoms with E-state index in [1.54, 1.807) is 18.2 Å². The van der Waals surface area contributed by atoms with Gasteiger partial charge in [0.2, 0.25) is 0 Å². The molecule has 2 atom stereocenters. The van der Waals surface area contributed by atoms with Crippen LogP contribution in [0.2, 0.25) is 10.0 Å². The smallest absolute Gasteiger partial charge is 0.328 e. The maximum Gasteiger partial charge on any atom is 0.328 e. The largest absolute Gasteiger partial charge is 0.489 e. The van der Waals surface area contributed by atoms with E-state index in [0.29, 0.717) is 0 Å². The predicted molar refractivity (Wildman–Crippen MR) is 116 cm³/mol. The van der Waals surface area contributed by atoms with Gasteiger partial charge in [0.25, 0.3) is 5.91 Å². The molecule has 0 spiro atoms. The first kappa shape index (κ1) is 22.4. The van der Waals surface area contributed by atoms with E-state index in [2.05, 4.69) is 10.6 Å². The van der Waals surface area contributed by atoms with Crippen molar-refractivity contribution < 1.29 is 19.1 Å². The molecule has 1 aliphatic rings. The number of nitrogens with one attached hydrogen (secondary N) is 2. The van der Waals surface area contributed by atoms with Gasteiger partial charge in [-0.25, -0.2) is 4.79 Å². The molecule has 1 heterocycles. The lowest BCUT2D eigenvalue weighted by Crippen LogP contribution is -2.43. The summed E-state index contributed by atoms with van der Waals surface area (Å²) in [4.78, 5) is 24.9. The van der Waals surface area contributed by atoms with E-state index in [0.717, 1.165) is 37.2 Å². The fraction of sp³-hybridized carbons (Fsp3) is 0.364. The molecule has 0 saturated carbocycles. The number of benzene rings is 2. The lowest BCUT2D eigenvalue weighted by molar-refractivity contribution is -0.142. The number of ether oxygens (including phenoxy) is 2. The molecule has 8 heteroatoms. The third-order valence-corrected chi connectivity index (χ3v) is 5.53. The molecule has 3 rings (SSSR count). The van der Waals surface area contributed by atoms with Gasteiger partial charge < -0.3 is 20.1 Å². The summed E-state index contributed by atoms with van der Waals surface area (Å²) in [5.41, 5.74) is 0.977. The van der Waals surface area contributed by atoms with E-state index in [1.807, 2.05) is 24.3 Å². The van der Waals surface area contributed by atoms with Gasteiger partial charge >= 0.3 is 5.97 Å². The number of hydrogen-bond acceptors (Lipinski definition) is 5. The van der Waals surface area contributed by atoms with Crippen molar-refractivity contribution in [1.29, 1.82) is 0 Å². The quantitative estimate of drug-likeness (QED) is 0.629. The maximum absolute atomic E-state index is 12.7. The Bertz CT molecular complexity index is 863. The van der Waals surface area contributed by atoms with Crippen molar-refractivity contribution in [2.75, 3.05) is 20.2 Å². The molecule has 2 aromatic carbocycles. The average molecular weight is 451 g/mol. The standard InChI is InChI=1S/C22H24Cl2N2O4/c1-29-22(28)19(26-21(27)20-17(23)5-2-6-18(20)24)12-14-7-9-15(10-8-14)30-16-4-3-11-25-13-16/h2,5-10,16,19,25H,3-4,11-13H2,1H3,(H,26,27)/t16-,19+/m1/s1. The van der Waals surface area contributed by atoms with E-state index in [1.165, 1.54) is 7.11 Å². The summed E-state index contributed by atoms with van der Waals surface area (Å²) in [5, 5.41) is 6.41. The van der Waals surface area contributed by atoms with Gasteiger partial charge in [0.05, 0.1) is 22.7 Å². The third kappa shape index (κ3) is 5.88. The topological polar surface area (TPSA) is 76.7 Å². The highest BCUT2D eigenvalue weighted by atomic mass is 35.5. The van der Waals surface area contributed by atoms with E-state index in [4.69, 9.17) is 32.7 Å². The van der Waals surface area contributed by atoms with E-state index >= 15 is 0 Å². The van der Waals surface area contributed by atoms with Gasteiger partial charge in [-0.2, -0.15) is 0 Å². The summed E-state index contributed by atoms with van der Waals surface area (Å²) >= 11 is 12.2. The van der Waals surface area contributed by atoms with Crippen LogP contribution in [0.15, 0.2) is 42.5 Å². The summed E-state index contributed by atoms with van der Waals surface area (Å²) in [7, 11) is 1.28. The predicted octanol–water partition coefficient (Wildman–Crippen LogP) is 3.64. The van der Waals surface area contributed by atoms with E-state index < -0.39 is 17.9 Å². The molecule has 160 valence electrons. The highest BCUT2D eigenvalue weighted by Crippen LogP contribution is 2.24. The average Bonchev–Trinajstić information content (AvgIpc) is 2.74. The van der Waals surface area contributed by atoms with Crippen LogP contribution in [-0.2, 0) is 16.0 Å². The SMILES string of the molecule is COC(=O)[C@H](Cc1ccc(O[C@@H]2CCCNC2)cc1)NC(=O)c1c(Cl)cccc1Cl. The van der Waals surface area contributed by atoms with Crippen molar-refractivity contribution in [3.05, 3.63) is 63.6 Å². The zero-order valence-corrected chi connectivity index (χ0v) is 18.1. The Labute approximate surface area is 185 Å². The first-order chi connectivity index (χ1) is 14.5. The number of halogens is 2. The number of hydrogen-bond donors (Lipinski definition) is 2. The minimum Gasteiger partial charge on any atom is -0.489 e. The van der Waals surface area contributed by atoms with Crippen molar-refractivity contribution in [3.63, 3.8) is 0 Å². The van der Waals surface area contributed by atoms with Gasteiger partial charge in [0.15, 0.2) is 0 Å². The van der Waals surface area contributed by atoms with Gasteiger partial charge in [-0.15, -0.1) is 0 Å². The molecule has 6 nitrogen and oxygen atoms in total. The van der Waals surface area contributed by atoms with Crippen LogP contribution in [0.5, 0.6) is 5.75 Å². The number of esters is 1. The molecule has 1 saturated heterocycles. The van der Waals surface area contributed by atoms with Crippen molar-refractivity contribution in [1.82, 2.24) is 10.6 Å². The second-order valence-electron chi connectivity index (χ2n) is 7.08. The molecule has 0 bridgehead atoms. The van der Waals surface area contributed by atoms with E-state index in [-0.39, 0.29) is 28.1 Å². The number of amides is 1. The molecule has 2 aromatic rings. The molecular weight excluding hydrogens is 427 g/mol. The number of methoxy groups -OCH3 is 1. The summed E-state index contributed by atoms with van der Waals surface area (Å²) in [5.74, 6) is -0.320. The van der Waals surface area contributed by atoms with Crippen LogP contribution < -0.4 is 15.4 Å². The fourth-order valence-electron chi connectivity index (χ4n) is 3.33. The minimum atomic E-state index is -0.885. The molecule has 30 heavy (non-hydrogen) atoms. The summed E-state index contributed by atoms with van der Waals surface area (Å²) in [6, 6.07) is 11.4. The Morgan fingerprint density at radius 1 is 1.17 bits per heavy atom. The molecule has 0 radical (unpaired) electrons. The second kappa shape index (κ2) is 10.7. The Hall–Kier alpha value is -2.28. The van der Waals surface area contributed by atoms with Crippen LogP contribution in [0.25, 0.3) is 0 Å². The molecule has 0 unspecified atom stereocenters. The first-order valence-electron chi connectivity index (χ1n) is 9.77. The molecular formula is C22H24Cl2N2O4. The summed E-state index contributed by atoms with van der Waals surface area (Å²) in [6.45, 7) is 1.86. The third-order valence-electron chi connectivity index (χ3n) is 4.90. The zero-order valence-electron chi connectivity index (χ0n) is 16.6. The molecule has 1 aliphatic heterocycles. The van der Waals surface area contributed by atoms with Crippen LogP contribution in [0, 0.1) is 0 Å². The Kier molecular flexibility index (Phi) is 7.96. The first-order valence-corrected chi connectivity index (χ1v) is 10.5. The second-order valence-corrected chi connectivity index (χ2v) is 7.89. The summed E-state index contributed by atoms with van der Waals surface area (Å²) < 4.78 is 10.8.